The molecule has 0 N–H and O–H groups in total. The second-order valence-electron chi connectivity index (χ2n) is 9.37. The first-order valence-electron chi connectivity index (χ1n) is 12.4. The van der Waals surface area contributed by atoms with E-state index in [0.717, 1.165) is 38.9 Å². The second kappa shape index (κ2) is 9.34. The summed E-state index contributed by atoms with van der Waals surface area (Å²) in [5, 5.41) is 11.1. The van der Waals surface area contributed by atoms with Gasteiger partial charge in [0.05, 0.1) is 17.1 Å². The minimum absolute atomic E-state index is 0.229. The van der Waals surface area contributed by atoms with E-state index in [1.165, 1.54) is 0 Å². The highest BCUT2D eigenvalue weighted by atomic mass is 35.5. The van der Waals surface area contributed by atoms with E-state index in [2.05, 4.69) is 101 Å². The molecule has 0 saturated carbocycles. The average Bonchev–Trinajstić information content (AvgIpc) is 3.58. The maximum absolute atomic E-state index is 6.79. The zero-order chi connectivity index (χ0) is 25.4. The fourth-order valence-electron chi connectivity index (χ4n) is 5.13. The van der Waals surface area contributed by atoms with Crippen molar-refractivity contribution >= 4 is 22.5 Å². The van der Waals surface area contributed by atoms with Gasteiger partial charge in [-0.05, 0) is 36.6 Å². The maximum atomic E-state index is 6.79. The predicted octanol–water partition coefficient (Wildman–Crippen LogP) is 7.37. The number of rotatable bonds is 6. The smallest absolute Gasteiger partial charge is 0.140 e. The molecule has 0 bridgehead atoms. The number of halogens is 1. The Kier molecular flexibility index (Phi) is 5.85. The van der Waals surface area contributed by atoms with E-state index in [4.69, 9.17) is 16.7 Å². The van der Waals surface area contributed by atoms with E-state index in [9.17, 15) is 0 Å². The Morgan fingerprint density at radius 3 is 1.78 bits per heavy atom. The Labute approximate surface area is 221 Å². The number of nitrogens with zero attached hydrogens (tertiary/aromatic N) is 5. The van der Waals surface area contributed by atoms with E-state index in [0.29, 0.717) is 5.15 Å². The van der Waals surface area contributed by atoms with Crippen molar-refractivity contribution in [2.24, 2.45) is 0 Å². The minimum atomic E-state index is -0.765. The van der Waals surface area contributed by atoms with E-state index < -0.39 is 5.54 Å². The molecule has 0 fully saturated rings. The van der Waals surface area contributed by atoms with Crippen molar-refractivity contribution in [3.8, 4) is 11.3 Å². The number of hydrogen-bond donors (Lipinski definition) is 0. The van der Waals surface area contributed by atoms with Crippen molar-refractivity contribution in [2.75, 3.05) is 0 Å². The van der Waals surface area contributed by atoms with Gasteiger partial charge in [-0.2, -0.15) is 10.2 Å². The standard InChI is InChI=1S/C31H26ClN5/c1-22(2)36-21-23(20-34-36)29-28-27(18-19-33-30(28)32)37(35-29)31(24-12-6-3-7-13-24,25-14-8-4-9-15-25)26-16-10-5-11-17-26/h3-22H,1-2H3. The molecular weight excluding hydrogens is 478 g/mol. The Morgan fingerprint density at radius 1 is 0.757 bits per heavy atom. The third-order valence-corrected chi connectivity index (χ3v) is 7.13. The molecule has 6 aromatic rings. The predicted molar refractivity (Wildman–Crippen MR) is 149 cm³/mol. The molecule has 0 aliphatic heterocycles. The molecule has 3 heterocycles. The first-order valence-corrected chi connectivity index (χ1v) is 12.7. The Morgan fingerprint density at radius 2 is 1.30 bits per heavy atom. The molecule has 0 atom stereocenters. The average molecular weight is 504 g/mol. The fraction of sp³-hybridized carbons (Fsp3) is 0.129. The van der Waals surface area contributed by atoms with Crippen molar-refractivity contribution in [1.29, 1.82) is 0 Å². The van der Waals surface area contributed by atoms with Crippen molar-refractivity contribution in [3.05, 3.63) is 137 Å². The van der Waals surface area contributed by atoms with E-state index >= 15 is 0 Å². The van der Waals surface area contributed by atoms with Gasteiger partial charge in [0.25, 0.3) is 0 Å². The summed E-state index contributed by atoms with van der Waals surface area (Å²) in [6.45, 7) is 4.21. The molecule has 3 aromatic heterocycles. The highest BCUT2D eigenvalue weighted by molar-refractivity contribution is 6.35. The Balaban J connectivity index is 1.77. The van der Waals surface area contributed by atoms with Gasteiger partial charge in [0, 0.05) is 24.0 Å². The highest BCUT2D eigenvalue weighted by Crippen LogP contribution is 2.44. The minimum Gasteiger partial charge on any atom is -0.270 e. The van der Waals surface area contributed by atoms with Gasteiger partial charge in [0.2, 0.25) is 0 Å². The SMILES string of the molecule is CC(C)n1cc(-c2nn(C(c3ccccc3)(c3ccccc3)c3ccccc3)c3ccnc(Cl)c23)cn1. The Hall–Kier alpha value is -4.22. The number of fused-ring (bicyclic) bond motifs is 1. The van der Waals surface area contributed by atoms with Gasteiger partial charge >= 0.3 is 0 Å². The molecule has 0 amide bonds. The van der Waals surface area contributed by atoms with Crippen LogP contribution in [0, 0.1) is 0 Å². The van der Waals surface area contributed by atoms with Crippen molar-refractivity contribution in [3.63, 3.8) is 0 Å². The third kappa shape index (κ3) is 3.74. The summed E-state index contributed by atoms with van der Waals surface area (Å²) >= 11 is 6.79. The topological polar surface area (TPSA) is 48.5 Å². The number of hydrogen-bond acceptors (Lipinski definition) is 3. The van der Waals surface area contributed by atoms with Crippen LogP contribution < -0.4 is 0 Å². The lowest BCUT2D eigenvalue weighted by Crippen LogP contribution is -2.38. The maximum Gasteiger partial charge on any atom is 0.140 e. The zero-order valence-corrected chi connectivity index (χ0v) is 21.4. The van der Waals surface area contributed by atoms with Crippen LogP contribution >= 0.6 is 11.6 Å². The highest BCUT2D eigenvalue weighted by Gasteiger charge is 2.41. The summed E-state index contributed by atoms with van der Waals surface area (Å²) in [5.41, 5.74) is 5.06. The van der Waals surface area contributed by atoms with Gasteiger partial charge in [-0.3, -0.25) is 4.68 Å². The van der Waals surface area contributed by atoms with Crippen LogP contribution in [0.4, 0.5) is 0 Å². The summed E-state index contributed by atoms with van der Waals surface area (Å²) in [7, 11) is 0. The van der Waals surface area contributed by atoms with Crippen LogP contribution in [-0.2, 0) is 5.54 Å². The molecule has 0 radical (unpaired) electrons. The van der Waals surface area contributed by atoms with Crippen LogP contribution in [0.15, 0.2) is 116 Å². The van der Waals surface area contributed by atoms with Gasteiger partial charge in [-0.15, -0.1) is 0 Å². The molecular formula is C31H26ClN5. The summed E-state index contributed by atoms with van der Waals surface area (Å²) < 4.78 is 4.04. The summed E-state index contributed by atoms with van der Waals surface area (Å²) in [6, 6.07) is 33.7. The van der Waals surface area contributed by atoms with Crippen LogP contribution in [-0.4, -0.2) is 24.5 Å². The molecule has 5 nitrogen and oxygen atoms in total. The van der Waals surface area contributed by atoms with Crippen LogP contribution in [0.3, 0.4) is 0 Å². The third-order valence-electron chi connectivity index (χ3n) is 6.84. The second-order valence-corrected chi connectivity index (χ2v) is 9.73. The van der Waals surface area contributed by atoms with Crippen LogP contribution in [0.2, 0.25) is 5.15 Å². The molecule has 0 unspecified atom stereocenters. The van der Waals surface area contributed by atoms with Crippen molar-refractivity contribution in [2.45, 2.75) is 25.4 Å². The molecule has 3 aromatic carbocycles. The molecule has 0 saturated heterocycles. The lowest BCUT2D eigenvalue weighted by Gasteiger charge is -2.37. The number of pyridine rings is 1. The molecule has 6 heteroatoms. The molecule has 37 heavy (non-hydrogen) atoms. The molecule has 182 valence electrons. The van der Waals surface area contributed by atoms with E-state index in [-0.39, 0.29) is 6.04 Å². The summed E-state index contributed by atoms with van der Waals surface area (Å²) in [5.74, 6) is 0. The molecule has 0 spiro atoms. The van der Waals surface area contributed by atoms with Gasteiger partial charge in [0.15, 0.2) is 0 Å². The fourth-order valence-corrected chi connectivity index (χ4v) is 5.37. The normalized spacial score (nSPS) is 11.9. The Bertz CT molecular complexity index is 1560. The van der Waals surface area contributed by atoms with Gasteiger partial charge < -0.3 is 0 Å². The number of aromatic nitrogens is 5. The zero-order valence-electron chi connectivity index (χ0n) is 20.7. The lowest BCUT2D eigenvalue weighted by atomic mass is 9.77. The first kappa shape index (κ1) is 23.2. The largest absolute Gasteiger partial charge is 0.270 e. The van der Waals surface area contributed by atoms with Crippen LogP contribution in [0.25, 0.3) is 22.2 Å². The monoisotopic (exact) mass is 503 g/mol. The number of benzene rings is 3. The van der Waals surface area contributed by atoms with Gasteiger partial charge in [-0.25, -0.2) is 9.67 Å². The molecule has 6 rings (SSSR count). The van der Waals surface area contributed by atoms with Gasteiger partial charge in [-0.1, -0.05) is 103 Å². The molecule has 0 aliphatic rings. The van der Waals surface area contributed by atoms with E-state index in [1.54, 1.807) is 6.20 Å². The van der Waals surface area contributed by atoms with E-state index in [1.807, 2.05) is 41.3 Å². The summed E-state index contributed by atoms with van der Waals surface area (Å²) in [4.78, 5) is 4.43. The van der Waals surface area contributed by atoms with Crippen LogP contribution in [0.5, 0.6) is 0 Å². The first-order chi connectivity index (χ1) is 18.1. The van der Waals surface area contributed by atoms with Crippen LogP contribution in [0.1, 0.15) is 36.6 Å². The van der Waals surface area contributed by atoms with Crippen molar-refractivity contribution in [1.82, 2.24) is 24.5 Å². The molecule has 0 aliphatic carbocycles. The lowest BCUT2D eigenvalue weighted by molar-refractivity contribution is 0.477. The van der Waals surface area contributed by atoms with Crippen molar-refractivity contribution < 1.29 is 0 Å². The quantitative estimate of drug-likeness (QED) is 0.176. The van der Waals surface area contributed by atoms with Gasteiger partial charge in [0.1, 0.15) is 16.4 Å². The summed E-state index contributed by atoms with van der Waals surface area (Å²) in [6.07, 6.45) is 5.62.